The Morgan fingerprint density at radius 1 is 1.28 bits per heavy atom. The predicted molar refractivity (Wildman–Crippen MR) is 66.3 cm³/mol. The third-order valence-electron chi connectivity index (χ3n) is 2.48. The second kappa shape index (κ2) is 6.64. The smallest absolute Gasteiger partial charge is 0.328 e. The number of carbonyl (C=O) groups excluding carboxylic acids is 2. The molecule has 0 aliphatic heterocycles. The lowest BCUT2D eigenvalue weighted by Crippen LogP contribution is -2.42. The van der Waals surface area contributed by atoms with Crippen LogP contribution in [0.25, 0.3) is 0 Å². The second-order valence-corrected chi connectivity index (χ2v) is 3.79. The molecule has 98 valence electrons. The van der Waals surface area contributed by atoms with E-state index in [4.69, 9.17) is 4.74 Å². The van der Waals surface area contributed by atoms with Crippen LogP contribution in [0.15, 0.2) is 24.3 Å². The molecule has 5 nitrogen and oxygen atoms in total. The number of para-hydroxylation sites is 1. The molecular formula is C13H17NO4. The summed E-state index contributed by atoms with van der Waals surface area (Å²) in [5, 5.41) is 2.56. The van der Waals surface area contributed by atoms with Gasteiger partial charge in [-0.15, -0.1) is 0 Å². The minimum atomic E-state index is -0.705. The Bertz CT molecular complexity index is 431. The Morgan fingerprint density at radius 2 is 1.94 bits per heavy atom. The van der Waals surface area contributed by atoms with Crippen molar-refractivity contribution in [3.8, 4) is 5.75 Å². The summed E-state index contributed by atoms with van der Waals surface area (Å²) in [4.78, 5) is 22.6. The summed E-state index contributed by atoms with van der Waals surface area (Å²) >= 11 is 0. The highest BCUT2D eigenvalue weighted by molar-refractivity contribution is 5.83. The summed E-state index contributed by atoms with van der Waals surface area (Å²) < 4.78 is 9.86. The Kier molecular flexibility index (Phi) is 5.17. The van der Waals surface area contributed by atoms with E-state index in [1.807, 2.05) is 18.2 Å². The zero-order valence-electron chi connectivity index (χ0n) is 10.7. The standard InChI is InChI=1S/C13H17NO4/c1-9(15)14-11(13(16)18-3)8-10-6-4-5-7-12(10)17-2/h4-7,11H,8H2,1-3H3,(H,14,15)/t11-/m0/s1. The van der Waals surface area contributed by atoms with Gasteiger partial charge in [0.2, 0.25) is 5.91 Å². The molecule has 1 atom stereocenters. The number of ether oxygens (including phenoxy) is 2. The molecule has 1 rings (SSSR count). The van der Waals surface area contributed by atoms with E-state index in [2.05, 4.69) is 10.1 Å². The summed E-state index contributed by atoms with van der Waals surface area (Å²) in [5.74, 6) is -0.0758. The summed E-state index contributed by atoms with van der Waals surface area (Å²) in [6.45, 7) is 1.36. The van der Waals surface area contributed by atoms with Gasteiger partial charge in [0.05, 0.1) is 14.2 Å². The predicted octanol–water partition coefficient (Wildman–Crippen LogP) is 0.915. The topological polar surface area (TPSA) is 64.6 Å². The van der Waals surface area contributed by atoms with Gasteiger partial charge in [-0.1, -0.05) is 18.2 Å². The van der Waals surface area contributed by atoms with Gasteiger partial charge in [-0.3, -0.25) is 4.79 Å². The average Bonchev–Trinajstić information content (AvgIpc) is 2.37. The van der Waals surface area contributed by atoms with Crippen molar-refractivity contribution >= 4 is 11.9 Å². The highest BCUT2D eigenvalue weighted by atomic mass is 16.5. The molecule has 0 radical (unpaired) electrons. The molecule has 0 bridgehead atoms. The first-order valence-electron chi connectivity index (χ1n) is 5.55. The quantitative estimate of drug-likeness (QED) is 0.790. The van der Waals surface area contributed by atoms with Crippen LogP contribution in [0.1, 0.15) is 12.5 Å². The first-order chi connectivity index (χ1) is 8.58. The van der Waals surface area contributed by atoms with E-state index in [-0.39, 0.29) is 5.91 Å². The summed E-state index contributed by atoms with van der Waals surface area (Å²) in [6.07, 6.45) is 0.330. The van der Waals surface area contributed by atoms with Gasteiger partial charge in [0.1, 0.15) is 11.8 Å². The van der Waals surface area contributed by atoms with Crippen molar-refractivity contribution in [1.82, 2.24) is 5.32 Å². The number of benzene rings is 1. The van der Waals surface area contributed by atoms with Gasteiger partial charge < -0.3 is 14.8 Å². The van der Waals surface area contributed by atoms with Crippen LogP contribution >= 0.6 is 0 Å². The number of amides is 1. The number of rotatable bonds is 5. The zero-order chi connectivity index (χ0) is 13.5. The lowest BCUT2D eigenvalue weighted by Gasteiger charge is -2.16. The van der Waals surface area contributed by atoms with Gasteiger partial charge in [0.15, 0.2) is 0 Å². The van der Waals surface area contributed by atoms with Crippen molar-refractivity contribution in [3.05, 3.63) is 29.8 Å². The minimum Gasteiger partial charge on any atom is -0.496 e. The minimum absolute atomic E-state index is 0.278. The molecule has 0 saturated carbocycles. The first-order valence-corrected chi connectivity index (χ1v) is 5.55. The Balaban J connectivity index is 2.88. The third-order valence-corrected chi connectivity index (χ3v) is 2.48. The highest BCUT2D eigenvalue weighted by Gasteiger charge is 2.21. The number of methoxy groups -OCH3 is 2. The highest BCUT2D eigenvalue weighted by Crippen LogP contribution is 2.19. The maximum Gasteiger partial charge on any atom is 0.328 e. The molecular weight excluding hydrogens is 234 g/mol. The van der Waals surface area contributed by atoms with Gasteiger partial charge in [0, 0.05) is 13.3 Å². The number of hydrogen-bond donors (Lipinski definition) is 1. The molecule has 0 heterocycles. The van der Waals surface area contributed by atoms with Crippen LogP contribution in [0.3, 0.4) is 0 Å². The molecule has 0 spiro atoms. The van der Waals surface area contributed by atoms with Crippen LogP contribution in [0.2, 0.25) is 0 Å². The van der Waals surface area contributed by atoms with Gasteiger partial charge in [-0.25, -0.2) is 4.79 Å². The van der Waals surface area contributed by atoms with E-state index in [1.165, 1.54) is 14.0 Å². The summed E-state index contributed by atoms with van der Waals surface area (Å²) in [7, 11) is 2.85. The molecule has 0 aliphatic carbocycles. The fourth-order valence-electron chi connectivity index (χ4n) is 1.67. The first kappa shape index (κ1) is 14.0. The molecule has 0 saturated heterocycles. The molecule has 0 aromatic heterocycles. The van der Waals surface area contributed by atoms with Crippen molar-refractivity contribution < 1.29 is 19.1 Å². The van der Waals surface area contributed by atoms with Gasteiger partial charge >= 0.3 is 5.97 Å². The van der Waals surface area contributed by atoms with Crippen LogP contribution in [0.5, 0.6) is 5.75 Å². The lowest BCUT2D eigenvalue weighted by atomic mass is 10.0. The molecule has 1 amide bonds. The van der Waals surface area contributed by atoms with Crippen LogP contribution in [-0.4, -0.2) is 32.1 Å². The van der Waals surface area contributed by atoms with Crippen molar-refractivity contribution in [1.29, 1.82) is 0 Å². The zero-order valence-corrected chi connectivity index (χ0v) is 10.7. The van der Waals surface area contributed by atoms with Crippen molar-refractivity contribution in [2.24, 2.45) is 0 Å². The van der Waals surface area contributed by atoms with E-state index < -0.39 is 12.0 Å². The molecule has 18 heavy (non-hydrogen) atoms. The van der Waals surface area contributed by atoms with Crippen LogP contribution in [0.4, 0.5) is 0 Å². The largest absolute Gasteiger partial charge is 0.496 e. The monoisotopic (exact) mass is 251 g/mol. The normalized spacial score (nSPS) is 11.5. The van der Waals surface area contributed by atoms with Gasteiger partial charge in [0.25, 0.3) is 0 Å². The second-order valence-electron chi connectivity index (χ2n) is 3.79. The summed E-state index contributed by atoms with van der Waals surface area (Å²) in [5.41, 5.74) is 0.837. The Hall–Kier alpha value is -2.04. The molecule has 0 fully saturated rings. The maximum absolute atomic E-state index is 11.6. The molecule has 5 heteroatoms. The fraction of sp³-hybridized carbons (Fsp3) is 0.385. The van der Waals surface area contributed by atoms with Crippen molar-refractivity contribution in [2.45, 2.75) is 19.4 Å². The number of nitrogens with one attached hydrogen (secondary N) is 1. The van der Waals surface area contributed by atoms with Crippen LogP contribution in [0, 0.1) is 0 Å². The van der Waals surface area contributed by atoms with Crippen LogP contribution < -0.4 is 10.1 Å². The van der Waals surface area contributed by atoms with Crippen LogP contribution in [-0.2, 0) is 20.7 Å². The third kappa shape index (κ3) is 3.76. The van der Waals surface area contributed by atoms with E-state index in [9.17, 15) is 9.59 Å². The maximum atomic E-state index is 11.6. The number of esters is 1. The van der Waals surface area contributed by atoms with E-state index >= 15 is 0 Å². The molecule has 1 N–H and O–H groups in total. The van der Waals surface area contributed by atoms with E-state index in [0.717, 1.165) is 5.56 Å². The van der Waals surface area contributed by atoms with Crippen molar-refractivity contribution in [2.75, 3.05) is 14.2 Å². The van der Waals surface area contributed by atoms with Gasteiger partial charge in [-0.05, 0) is 11.6 Å². The van der Waals surface area contributed by atoms with Crippen molar-refractivity contribution in [3.63, 3.8) is 0 Å². The van der Waals surface area contributed by atoms with E-state index in [0.29, 0.717) is 12.2 Å². The van der Waals surface area contributed by atoms with E-state index in [1.54, 1.807) is 13.2 Å². The molecule has 1 aromatic rings. The fourth-order valence-corrected chi connectivity index (χ4v) is 1.67. The molecule has 0 aliphatic rings. The Morgan fingerprint density at radius 3 is 2.50 bits per heavy atom. The molecule has 0 unspecified atom stereocenters. The average molecular weight is 251 g/mol. The van der Waals surface area contributed by atoms with Gasteiger partial charge in [-0.2, -0.15) is 0 Å². The molecule has 1 aromatic carbocycles. The number of carbonyl (C=O) groups is 2. The number of hydrogen-bond acceptors (Lipinski definition) is 4. The summed E-state index contributed by atoms with van der Waals surface area (Å²) in [6, 6.07) is 6.63. The Labute approximate surface area is 106 Å². The lowest BCUT2D eigenvalue weighted by molar-refractivity contribution is -0.144. The SMILES string of the molecule is COC(=O)[C@H](Cc1ccccc1OC)NC(C)=O.